The number of aryl methyl sites for hydroxylation is 1. The van der Waals surface area contributed by atoms with Gasteiger partial charge in [-0.2, -0.15) is 0 Å². The van der Waals surface area contributed by atoms with Gasteiger partial charge in [0.15, 0.2) is 5.89 Å². The van der Waals surface area contributed by atoms with Crippen LogP contribution in [0.2, 0.25) is 0 Å². The number of nitrogens with zero attached hydrogens (tertiary/aromatic N) is 1. The second kappa shape index (κ2) is 8.90. The molecule has 0 saturated heterocycles. The number of rotatable bonds is 5. The fourth-order valence-corrected chi connectivity index (χ4v) is 3.38. The predicted molar refractivity (Wildman–Crippen MR) is 108 cm³/mol. The summed E-state index contributed by atoms with van der Waals surface area (Å²) in [7, 11) is 2.67. The number of ketones is 1. The van der Waals surface area contributed by atoms with E-state index < -0.39 is 5.97 Å². The van der Waals surface area contributed by atoms with Gasteiger partial charge in [-0.15, -0.1) is 0 Å². The average Bonchev–Trinajstić information content (AvgIpc) is 2.95. The van der Waals surface area contributed by atoms with Gasteiger partial charge >= 0.3 is 63.3 Å². The Morgan fingerprint density at radius 2 is 1.92 bits per heavy atom. The van der Waals surface area contributed by atoms with Crippen LogP contribution in [0, 0.1) is 11.8 Å². The van der Waals surface area contributed by atoms with E-state index in [0.717, 1.165) is 11.5 Å². The number of oxazole rings is 1. The predicted octanol–water partition coefficient (Wildman–Crippen LogP) is 1.28. The minimum atomic E-state index is -0.507. The first-order valence-corrected chi connectivity index (χ1v) is 8.17. The third-order valence-electron chi connectivity index (χ3n) is 4.98. The van der Waals surface area contributed by atoms with Crippen molar-refractivity contribution in [2.45, 2.75) is 44.4 Å². The Hall–Kier alpha value is -0.544. The fraction of sp³-hybridized carbons (Fsp3) is 0.647. The van der Waals surface area contributed by atoms with Crippen LogP contribution in [0.5, 0.6) is 0 Å². The van der Waals surface area contributed by atoms with Gasteiger partial charge in [0.1, 0.15) is 18.0 Å². The summed E-state index contributed by atoms with van der Waals surface area (Å²) >= 11 is 0. The molecule has 8 heteroatoms. The Balaban J connectivity index is -0.0000000129. The van der Waals surface area contributed by atoms with Crippen molar-refractivity contribution < 1.29 is 114 Å². The van der Waals surface area contributed by atoms with Gasteiger partial charge in [-0.3, -0.25) is 14.4 Å². The summed E-state index contributed by atoms with van der Waals surface area (Å²) in [5.41, 5.74) is 0.897. The van der Waals surface area contributed by atoms with Gasteiger partial charge in [0.25, 0.3) is 0 Å². The van der Waals surface area contributed by atoms with Crippen LogP contribution < -0.4 is 51.4 Å². The van der Waals surface area contributed by atoms with Crippen LogP contribution in [0.4, 0.5) is 0 Å². The van der Waals surface area contributed by atoms with Gasteiger partial charge in [-0.05, 0) is 25.7 Å². The summed E-state index contributed by atoms with van der Waals surface area (Å²) in [5, 5.41) is 0. The molecule has 0 aromatic carbocycles. The van der Waals surface area contributed by atoms with Gasteiger partial charge in [0, 0.05) is 18.3 Å². The first-order valence-electron chi connectivity index (χ1n) is 8.17. The molecule has 1 aromatic heterocycles. The van der Waals surface area contributed by atoms with Crippen molar-refractivity contribution in [2.24, 2.45) is 11.8 Å². The molecule has 3 rings (SSSR count). The summed E-state index contributed by atoms with van der Waals surface area (Å²) < 4.78 is 15.1. The molecule has 1 fully saturated rings. The quantitative estimate of drug-likeness (QED) is 0.382. The number of carbonyl (C=O) groups excluding carboxylic acids is 3. The summed E-state index contributed by atoms with van der Waals surface area (Å²) in [6.45, 7) is 0. The van der Waals surface area contributed by atoms with Gasteiger partial charge in [-0.25, -0.2) is 4.98 Å². The van der Waals surface area contributed by atoms with E-state index in [1.54, 1.807) is 0 Å². The zero-order chi connectivity index (χ0) is 17.3. The number of carbonyl (C=O) groups is 3. The molecule has 2 aliphatic carbocycles. The first-order chi connectivity index (χ1) is 11.5. The zero-order valence-corrected chi connectivity index (χ0v) is 18.0. The molecule has 1 atom stereocenters. The number of methoxy groups -OCH3 is 2. The normalized spacial score (nSPS) is 24.3. The van der Waals surface area contributed by atoms with Crippen LogP contribution in [0.3, 0.4) is 0 Å². The monoisotopic (exact) mass is 446 g/mol. The third kappa shape index (κ3) is 4.60. The maximum Gasteiger partial charge on any atom is 1.00 e. The van der Waals surface area contributed by atoms with Crippen molar-refractivity contribution in [3.05, 3.63) is 17.3 Å². The van der Waals surface area contributed by atoms with Crippen molar-refractivity contribution in [1.82, 2.24) is 4.98 Å². The van der Waals surface area contributed by atoms with Crippen molar-refractivity contribution in [2.75, 3.05) is 14.2 Å². The van der Waals surface area contributed by atoms with Crippen molar-refractivity contribution in [1.29, 1.82) is 0 Å². The molecule has 178 valence electrons. The molecule has 0 aliphatic heterocycles. The summed E-state index contributed by atoms with van der Waals surface area (Å²) in [6.07, 6.45) is 3.01. The van der Waals surface area contributed by atoms with Gasteiger partial charge in [0.2, 0.25) is 0 Å². The maximum absolute atomic E-state index is 12.1. The molecule has 25 heavy (non-hydrogen) atoms. The molecule has 0 bridgehead atoms. The fourth-order valence-electron chi connectivity index (χ4n) is 3.38. The minimum Gasteiger partial charge on any atom is -1.00 e. The van der Waals surface area contributed by atoms with Crippen molar-refractivity contribution >= 4 is 17.7 Å². The number of hydrogen-bond acceptors (Lipinski definition) is 7. The molecule has 0 radical (unpaired) electrons. The van der Waals surface area contributed by atoms with Crippen LogP contribution in [-0.2, 0) is 36.7 Å². The molecule has 7 nitrogen and oxygen atoms in total. The standard InChI is InChI=1S/C17H21NO6.K.24H/c1-22-15(20)8-13(19)9-3-4-12-14(7-9)24-16(18-12)10-5-11(6-10)17(21)23-2;;;;;;;;;;;;;;;;;;;;;;;;;/h9-11H,3-8H2,1-2H3;;;;;;;;;;;;;;;;;;;;;;;;;/q;+1;24*-1/i;;24*1+2. The minimum absolute atomic E-state index is 0. The number of esters is 2. The van der Waals surface area contributed by atoms with E-state index in [4.69, 9.17) is 9.15 Å². The Labute approximate surface area is 224 Å². The number of fused-ring (bicyclic) bond motifs is 1. The van der Waals surface area contributed by atoms with E-state index in [1.807, 2.05) is 0 Å². The number of hydrogen-bond donors (Lipinski definition) is 0. The average molecular weight is 447 g/mol. The van der Waals surface area contributed by atoms with Gasteiger partial charge in [-0.1, -0.05) is 0 Å². The topological polar surface area (TPSA) is 95.7 Å². The zero-order valence-electron chi connectivity index (χ0n) is 38.9. The van der Waals surface area contributed by atoms with Crippen molar-refractivity contribution in [3.63, 3.8) is 0 Å². The third-order valence-corrected chi connectivity index (χ3v) is 4.98. The van der Waals surface area contributed by atoms with Crippen molar-refractivity contribution in [3.8, 4) is 0 Å². The summed E-state index contributed by atoms with van der Waals surface area (Å²) in [4.78, 5) is 39.4. The summed E-state index contributed by atoms with van der Waals surface area (Å²) in [5.74, 6) is 0.439. The molecular formula is C17H45KNO6-23. The smallest absolute Gasteiger partial charge is 1.00 e. The van der Waals surface area contributed by atoms with Gasteiger partial charge in [0.05, 0.1) is 25.8 Å². The second-order valence-electron chi connectivity index (χ2n) is 6.47. The van der Waals surface area contributed by atoms with Crippen LogP contribution in [0.25, 0.3) is 0 Å². The van der Waals surface area contributed by atoms with E-state index in [2.05, 4.69) is 9.72 Å². The van der Waals surface area contributed by atoms with Crippen LogP contribution in [0.15, 0.2) is 4.42 Å². The molecule has 1 saturated carbocycles. The molecule has 1 unspecified atom stereocenters. The van der Waals surface area contributed by atoms with E-state index >= 15 is 0 Å². The molecule has 0 spiro atoms. The molecule has 1 aromatic rings. The molecule has 0 amide bonds. The number of aromatic nitrogens is 1. The Bertz CT molecular complexity index is 713. The van der Waals surface area contributed by atoms with Crippen LogP contribution >= 0.6 is 0 Å². The second-order valence-corrected chi connectivity index (χ2v) is 6.47. The molecule has 1 heterocycles. The Morgan fingerprint density at radius 3 is 2.56 bits per heavy atom. The Morgan fingerprint density at radius 1 is 1.20 bits per heavy atom. The maximum atomic E-state index is 12.1. The van der Waals surface area contributed by atoms with Gasteiger partial charge < -0.3 is 48.1 Å². The van der Waals surface area contributed by atoms with E-state index in [9.17, 15) is 14.4 Å². The Kier molecular flexibility index (Phi) is 7.39. The van der Waals surface area contributed by atoms with E-state index in [0.29, 0.717) is 38.0 Å². The molecule has 0 N–H and O–H groups in total. The van der Waals surface area contributed by atoms with E-state index in [1.165, 1.54) is 14.2 Å². The number of ether oxygens (including phenoxy) is 2. The largest absolute Gasteiger partial charge is 1.00 e. The first kappa shape index (κ1) is 20.8. The summed E-state index contributed by atoms with van der Waals surface area (Å²) in [6, 6.07) is 0. The van der Waals surface area contributed by atoms with Crippen LogP contribution in [-0.4, -0.2) is 36.9 Å². The van der Waals surface area contributed by atoms with Crippen LogP contribution in [0.1, 0.15) is 83.2 Å². The SMILES string of the molecule is COC(=O)CC(=O)C1CCc2nc(C3CC(C(=O)OC)C3)oc2C1.[3H-].[3H-].[3H-].[3H-].[3H-].[3H-].[3H-].[3H-].[3H-].[3H-].[3H-].[3H-].[3H-].[3H-].[3H-].[3H-].[3H-].[3H-].[3H-].[3H-].[3H-].[3H-].[3H-].[3H-].[K+]. The number of Topliss-reactive ketones (excluding diaryl/α,β-unsaturated/α-hetero) is 1. The molecular weight excluding hydrogens is 353 g/mol. The van der Waals surface area contributed by atoms with E-state index in [-0.39, 0.29) is 122 Å². The molecule has 2 aliphatic rings.